The van der Waals surface area contributed by atoms with Crippen molar-refractivity contribution in [3.8, 4) is 0 Å². The van der Waals surface area contributed by atoms with E-state index in [0.717, 1.165) is 10.6 Å². The van der Waals surface area contributed by atoms with Crippen molar-refractivity contribution in [2.45, 2.75) is 4.90 Å². The summed E-state index contributed by atoms with van der Waals surface area (Å²) in [6, 6.07) is 7.74. The highest BCUT2D eigenvalue weighted by molar-refractivity contribution is 7.98. The number of nitrogens with one attached hydrogen (secondary N) is 1. The van der Waals surface area contributed by atoms with Gasteiger partial charge in [0.15, 0.2) is 0 Å². The van der Waals surface area contributed by atoms with Crippen molar-refractivity contribution in [2.24, 2.45) is 0 Å². The number of anilines is 2. The Balaban J connectivity index is 2.10. The molecule has 1 aromatic heterocycles. The third kappa shape index (κ3) is 2.95. The Hall–Kier alpha value is -2.15. The number of hydrogen-bond acceptors (Lipinski definition) is 6. The van der Waals surface area contributed by atoms with Crippen molar-refractivity contribution >= 4 is 29.1 Å². The summed E-state index contributed by atoms with van der Waals surface area (Å²) in [5, 5.41) is 13.4. The molecule has 0 saturated carbocycles. The zero-order valence-corrected chi connectivity index (χ0v) is 10.3. The lowest BCUT2D eigenvalue weighted by Gasteiger charge is -2.04. The summed E-state index contributed by atoms with van der Waals surface area (Å²) in [6.45, 7) is 0. The molecule has 0 saturated heterocycles. The van der Waals surface area contributed by atoms with E-state index in [1.54, 1.807) is 11.8 Å². The summed E-state index contributed by atoms with van der Waals surface area (Å²) in [5.74, 6) is 0.331. The third-order valence-corrected chi connectivity index (χ3v) is 2.94. The van der Waals surface area contributed by atoms with E-state index in [1.165, 1.54) is 12.4 Å². The molecule has 92 valence electrons. The SMILES string of the molecule is CSc1ccc(Nc2ncc([N+](=O)[O-])cn2)cc1. The molecule has 0 radical (unpaired) electrons. The molecular weight excluding hydrogens is 252 g/mol. The Morgan fingerprint density at radius 3 is 2.33 bits per heavy atom. The first-order chi connectivity index (χ1) is 8.69. The summed E-state index contributed by atoms with van der Waals surface area (Å²) in [6.07, 6.45) is 4.35. The quantitative estimate of drug-likeness (QED) is 0.518. The minimum absolute atomic E-state index is 0.127. The first kappa shape index (κ1) is 12.3. The standard InChI is InChI=1S/C11H10N4O2S/c1-18-10-4-2-8(3-5-10)14-11-12-6-9(7-13-11)15(16)17/h2-7H,1H3,(H,12,13,14). The van der Waals surface area contributed by atoms with Gasteiger partial charge in [-0.2, -0.15) is 0 Å². The average Bonchev–Trinajstić information content (AvgIpc) is 2.40. The van der Waals surface area contributed by atoms with Gasteiger partial charge in [-0.25, -0.2) is 9.97 Å². The van der Waals surface area contributed by atoms with Gasteiger partial charge in [-0.05, 0) is 30.5 Å². The van der Waals surface area contributed by atoms with Gasteiger partial charge in [0.05, 0.1) is 4.92 Å². The van der Waals surface area contributed by atoms with Crippen molar-refractivity contribution in [3.05, 3.63) is 46.8 Å². The third-order valence-electron chi connectivity index (χ3n) is 2.20. The second-order valence-corrected chi connectivity index (χ2v) is 4.26. The maximum Gasteiger partial charge on any atom is 0.305 e. The van der Waals surface area contributed by atoms with Crippen LogP contribution >= 0.6 is 11.8 Å². The van der Waals surface area contributed by atoms with Gasteiger partial charge in [-0.15, -0.1) is 11.8 Å². The van der Waals surface area contributed by atoms with Gasteiger partial charge in [-0.1, -0.05) is 0 Å². The van der Waals surface area contributed by atoms with E-state index in [2.05, 4.69) is 15.3 Å². The van der Waals surface area contributed by atoms with E-state index in [1.807, 2.05) is 30.5 Å². The second-order valence-electron chi connectivity index (χ2n) is 3.38. The molecule has 18 heavy (non-hydrogen) atoms. The summed E-state index contributed by atoms with van der Waals surface area (Å²) >= 11 is 1.65. The minimum atomic E-state index is -0.531. The highest BCUT2D eigenvalue weighted by Crippen LogP contribution is 2.19. The number of hydrogen-bond donors (Lipinski definition) is 1. The molecule has 2 rings (SSSR count). The van der Waals surface area contributed by atoms with E-state index < -0.39 is 4.92 Å². The van der Waals surface area contributed by atoms with Crippen LogP contribution in [0.5, 0.6) is 0 Å². The molecule has 0 amide bonds. The van der Waals surface area contributed by atoms with E-state index in [4.69, 9.17) is 0 Å². The number of rotatable bonds is 4. The molecule has 6 nitrogen and oxygen atoms in total. The molecule has 7 heteroatoms. The fraction of sp³-hybridized carbons (Fsp3) is 0.0909. The van der Waals surface area contributed by atoms with Crippen LogP contribution in [0.1, 0.15) is 0 Å². The molecule has 0 aliphatic heterocycles. The summed E-state index contributed by atoms with van der Waals surface area (Å²) in [4.78, 5) is 18.8. The van der Waals surface area contributed by atoms with E-state index in [0.29, 0.717) is 5.95 Å². The summed E-state index contributed by atoms with van der Waals surface area (Å²) < 4.78 is 0. The molecular formula is C11H10N4O2S. The van der Waals surface area contributed by atoms with Crippen LogP contribution in [-0.2, 0) is 0 Å². The normalized spacial score (nSPS) is 10.1. The number of nitro groups is 1. The maximum atomic E-state index is 10.4. The van der Waals surface area contributed by atoms with Crippen LogP contribution in [-0.4, -0.2) is 21.1 Å². The Bertz CT molecular complexity index is 542. The van der Waals surface area contributed by atoms with E-state index in [9.17, 15) is 10.1 Å². The molecule has 0 aliphatic carbocycles. The smallest absolute Gasteiger partial charge is 0.305 e. The number of aromatic nitrogens is 2. The summed E-state index contributed by atoms with van der Waals surface area (Å²) in [7, 11) is 0. The lowest BCUT2D eigenvalue weighted by Crippen LogP contribution is -1.98. The number of benzene rings is 1. The van der Waals surface area contributed by atoms with E-state index >= 15 is 0 Å². The summed E-state index contributed by atoms with van der Waals surface area (Å²) in [5.41, 5.74) is 0.708. The molecule has 1 aromatic carbocycles. The lowest BCUT2D eigenvalue weighted by atomic mass is 10.3. The zero-order chi connectivity index (χ0) is 13.0. The molecule has 0 spiro atoms. The average molecular weight is 262 g/mol. The van der Waals surface area contributed by atoms with Crippen molar-refractivity contribution in [3.63, 3.8) is 0 Å². The Morgan fingerprint density at radius 2 is 1.83 bits per heavy atom. The van der Waals surface area contributed by atoms with Gasteiger partial charge >= 0.3 is 5.69 Å². The minimum Gasteiger partial charge on any atom is -0.324 e. The van der Waals surface area contributed by atoms with Crippen LogP contribution < -0.4 is 5.32 Å². The predicted octanol–water partition coefficient (Wildman–Crippen LogP) is 2.85. The maximum absolute atomic E-state index is 10.4. The highest BCUT2D eigenvalue weighted by atomic mass is 32.2. The first-order valence-corrected chi connectivity index (χ1v) is 6.29. The van der Waals surface area contributed by atoms with Crippen molar-refractivity contribution < 1.29 is 4.92 Å². The molecule has 0 bridgehead atoms. The molecule has 2 aromatic rings. The molecule has 0 aliphatic rings. The predicted molar refractivity (Wildman–Crippen MR) is 70.2 cm³/mol. The van der Waals surface area contributed by atoms with E-state index in [-0.39, 0.29) is 5.69 Å². The Labute approximate surface area is 108 Å². The monoisotopic (exact) mass is 262 g/mol. The molecule has 1 heterocycles. The molecule has 0 atom stereocenters. The fourth-order valence-corrected chi connectivity index (χ4v) is 1.69. The van der Waals surface area contributed by atoms with Gasteiger partial charge < -0.3 is 5.32 Å². The van der Waals surface area contributed by atoms with Crippen LogP contribution in [0.4, 0.5) is 17.3 Å². The van der Waals surface area contributed by atoms with Gasteiger partial charge in [0, 0.05) is 10.6 Å². The second kappa shape index (κ2) is 5.46. The van der Waals surface area contributed by atoms with Gasteiger partial charge in [0.2, 0.25) is 5.95 Å². The molecule has 1 N–H and O–H groups in total. The van der Waals surface area contributed by atoms with Crippen LogP contribution in [0, 0.1) is 10.1 Å². The van der Waals surface area contributed by atoms with Crippen LogP contribution in [0.15, 0.2) is 41.6 Å². The lowest BCUT2D eigenvalue weighted by molar-refractivity contribution is -0.385. The van der Waals surface area contributed by atoms with Crippen molar-refractivity contribution in [1.82, 2.24) is 9.97 Å². The van der Waals surface area contributed by atoms with Crippen LogP contribution in [0.25, 0.3) is 0 Å². The van der Waals surface area contributed by atoms with Gasteiger partial charge in [-0.3, -0.25) is 10.1 Å². The molecule has 0 unspecified atom stereocenters. The van der Waals surface area contributed by atoms with Gasteiger partial charge in [0.1, 0.15) is 12.4 Å². The van der Waals surface area contributed by atoms with Crippen molar-refractivity contribution in [1.29, 1.82) is 0 Å². The van der Waals surface area contributed by atoms with Crippen molar-refractivity contribution in [2.75, 3.05) is 11.6 Å². The fourth-order valence-electron chi connectivity index (χ4n) is 1.28. The topological polar surface area (TPSA) is 81.0 Å². The van der Waals surface area contributed by atoms with Crippen LogP contribution in [0.2, 0.25) is 0 Å². The molecule has 0 fully saturated rings. The zero-order valence-electron chi connectivity index (χ0n) is 9.53. The highest BCUT2D eigenvalue weighted by Gasteiger charge is 2.06. The van der Waals surface area contributed by atoms with Gasteiger partial charge in [0.25, 0.3) is 0 Å². The number of thioether (sulfide) groups is 1. The number of nitrogens with zero attached hydrogens (tertiary/aromatic N) is 3. The Morgan fingerprint density at radius 1 is 1.22 bits per heavy atom. The first-order valence-electron chi connectivity index (χ1n) is 5.06. The Kier molecular flexibility index (Phi) is 3.73. The van der Waals surface area contributed by atoms with Crippen LogP contribution in [0.3, 0.4) is 0 Å². The largest absolute Gasteiger partial charge is 0.324 e.